The van der Waals surface area contributed by atoms with Gasteiger partial charge in [-0.05, 0) is 47.0 Å². The van der Waals surface area contributed by atoms with Crippen molar-refractivity contribution < 1.29 is 32.0 Å². The molecular weight excluding hydrogens is 568 g/mol. The minimum atomic E-state index is -4.88. The third-order valence-electron chi connectivity index (χ3n) is 5.98. The first-order valence-corrected chi connectivity index (χ1v) is 13.6. The van der Waals surface area contributed by atoms with Gasteiger partial charge in [0.05, 0.1) is 5.69 Å². The predicted octanol–water partition coefficient (Wildman–Crippen LogP) is 6.43. The number of rotatable bonds is 7. The molecule has 0 aliphatic heterocycles. The minimum Gasteiger partial charge on any atom is -0.476 e. The Balaban J connectivity index is 1.72. The Labute approximate surface area is 231 Å². The zero-order valence-corrected chi connectivity index (χ0v) is 21.9. The monoisotopic (exact) mass is 587 g/mol. The number of aromatic carboxylic acids is 1. The smallest absolute Gasteiger partial charge is 0.433 e. The number of aromatic nitrogens is 3. The van der Waals surface area contributed by atoms with Gasteiger partial charge in [-0.15, -0.1) is 16.5 Å². The molecule has 1 unspecified atom stereocenters. The van der Waals surface area contributed by atoms with Crippen molar-refractivity contribution in [2.45, 2.75) is 17.5 Å². The summed E-state index contributed by atoms with van der Waals surface area (Å²) in [6, 6.07) is 18.6. The Morgan fingerprint density at radius 3 is 2.25 bits per heavy atom. The molecule has 13 heteroatoms. The zero-order valence-electron chi connectivity index (χ0n) is 20.3. The Hall–Kier alpha value is -4.04. The summed E-state index contributed by atoms with van der Waals surface area (Å²) in [5.74, 6) is -1.84. The molecule has 0 bridgehead atoms. The molecule has 0 amide bonds. The number of carboxylic acid groups (broad SMARTS) is 1. The van der Waals surface area contributed by atoms with E-state index in [0.29, 0.717) is 31.8 Å². The van der Waals surface area contributed by atoms with Crippen molar-refractivity contribution in [1.82, 2.24) is 14.8 Å². The lowest BCUT2D eigenvalue weighted by molar-refractivity contribution is -0.143. The van der Waals surface area contributed by atoms with E-state index in [1.165, 1.54) is 30.3 Å². The number of benzene rings is 3. The lowest BCUT2D eigenvalue weighted by Gasteiger charge is -2.12. The zero-order chi connectivity index (χ0) is 28.6. The van der Waals surface area contributed by atoms with Gasteiger partial charge in [0, 0.05) is 22.9 Å². The van der Waals surface area contributed by atoms with Crippen LogP contribution in [0.3, 0.4) is 0 Å². The average Bonchev–Trinajstić information content (AvgIpc) is 3.55. The maximum absolute atomic E-state index is 14.7. The first-order valence-electron chi connectivity index (χ1n) is 11.5. The van der Waals surface area contributed by atoms with Crippen molar-refractivity contribution in [1.29, 1.82) is 0 Å². The van der Waals surface area contributed by atoms with Crippen LogP contribution in [0.1, 0.15) is 27.3 Å². The van der Waals surface area contributed by atoms with E-state index in [9.17, 15) is 32.0 Å². The van der Waals surface area contributed by atoms with Gasteiger partial charge in [0.15, 0.2) is 11.4 Å². The molecule has 204 valence electrons. The quantitative estimate of drug-likeness (QED) is 0.149. The second-order valence-electron chi connectivity index (χ2n) is 8.63. The molecule has 2 aromatic heterocycles. The molecule has 1 atom stereocenters. The van der Waals surface area contributed by atoms with Crippen LogP contribution in [0, 0.1) is 5.82 Å². The summed E-state index contributed by atoms with van der Waals surface area (Å²) in [6.45, 7) is 0. The van der Waals surface area contributed by atoms with Crippen molar-refractivity contribution in [2.24, 2.45) is 5.14 Å². The molecule has 40 heavy (non-hydrogen) atoms. The molecule has 0 spiro atoms. The molecule has 0 saturated carbocycles. The van der Waals surface area contributed by atoms with Crippen molar-refractivity contribution >= 4 is 28.7 Å². The Morgan fingerprint density at radius 2 is 1.65 bits per heavy atom. The van der Waals surface area contributed by atoms with Gasteiger partial charge in [0.1, 0.15) is 5.82 Å². The fourth-order valence-corrected chi connectivity index (χ4v) is 5.37. The van der Waals surface area contributed by atoms with Gasteiger partial charge in [-0.3, -0.25) is 0 Å². The Morgan fingerprint density at radius 1 is 1.00 bits per heavy atom. The number of nitrogens with two attached hydrogens (primary N) is 1. The van der Waals surface area contributed by atoms with Crippen LogP contribution >= 0.6 is 11.3 Å². The number of carbonyl (C=O) groups is 1. The number of nitrogens with zero attached hydrogens (tertiary/aromatic N) is 3. The topological polar surface area (TPSA) is 114 Å². The highest BCUT2D eigenvalue weighted by molar-refractivity contribution is 7.89. The van der Waals surface area contributed by atoms with Crippen molar-refractivity contribution in [3.63, 3.8) is 0 Å². The van der Waals surface area contributed by atoms with Crippen LogP contribution in [0.2, 0.25) is 0 Å². The third kappa shape index (κ3) is 5.63. The number of alkyl halides is 3. The minimum absolute atomic E-state index is 0.00228. The number of carboxylic acids is 1. The Bertz CT molecular complexity index is 1700. The van der Waals surface area contributed by atoms with E-state index in [-0.39, 0.29) is 22.8 Å². The van der Waals surface area contributed by atoms with E-state index >= 15 is 0 Å². The first-order chi connectivity index (χ1) is 19.0. The molecule has 0 aliphatic carbocycles. The summed E-state index contributed by atoms with van der Waals surface area (Å²) in [5.41, 5.74) is 0.254. The summed E-state index contributed by atoms with van der Waals surface area (Å²) in [6.07, 6.45) is -5.08. The van der Waals surface area contributed by atoms with Crippen LogP contribution in [-0.2, 0) is 24.0 Å². The second kappa shape index (κ2) is 10.8. The van der Waals surface area contributed by atoms with Crippen LogP contribution in [0.25, 0.3) is 27.5 Å². The fourth-order valence-electron chi connectivity index (χ4n) is 4.20. The van der Waals surface area contributed by atoms with E-state index in [0.717, 1.165) is 16.7 Å². The molecule has 0 aliphatic rings. The molecule has 5 aromatic rings. The first kappa shape index (κ1) is 27.5. The van der Waals surface area contributed by atoms with Crippen molar-refractivity contribution in [3.8, 4) is 27.5 Å². The number of thiazole rings is 1. The molecular formula is C27H19F4N4O3S2+. The predicted molar refractivity (Wildman–Crippen MR) is 144 cm³/mol. The maximum atomic E-state index is 14.7. The number of halogens is 4. The van der Waals surface area contributed by atoms with E-state index in [1.54, 1.807) is 42.5 Å². The van der Waals surface area contributed by atoms with Crippen molar-refractivity contribution in [2.75, 3.05) is 0 Å². The molecule has 7 nitrogen and oxygen atoms in total. The van der Waals surface area contributed by atoms with Crippen molar-refractivity contribution in [3.05, 3.63) is 107 Å². The molecule has 0 saturated heterocycles. The number of hydrogen-bond donors (Lipinski definition) is 3. The summed E-state index contributed by atoms with van der Waals surface area (Å²) in [7, 11) is 0. The highest BCUT2D eigenvalue weighted by Crippen LogP contribution is 2.40. The van der Waals surface area contributed by atoms with Crippen LogP contribution in [0.15, 0.2) is 83.1 Å². The van der Waals surface area contributed by atoms with Crippen LogP contribution in [0.4, 0.5) is 17.6 Å². The lowest BCUT2D eigenvalue weighted by Crippen LogP contribution is -2.16. The van der Waals surface area contributed by atoms with Crippen LogP contribution in [-0.4, -0.2) is 30.4 Å². The Kier molecular flexibility index (Phi) is 7.47. The molecule has 0 radical (unpaired) electrons. The van der Waals surface area contributed by atoms with Gasteiger partial charge < -0.3 is 5.11 Å². The molecule has 2 heterocycles. The van der Waals surface area contributed by atoms with Gasteiger partial charge in [-0.25, -0.2) is 18.9 Å². The lowest BCUT2D eigenvalue weighted by atomic mass is 9.96. The molecule has 4 N–H and O–H groups in total. The van der Waals surface area contributed by atoms with Crippen LogP contribution in [0.5, 0.6) is 0 Å². The maximum Gasteiger partial charge on any atom is 0.433 e. The molecule has 0 fully saturated rings. The van der Waals surface area contributed by atoms with Gasteiger partial charge in [-0.1, -0.05) is 42.5 Å². The van der Waals surface area contributed by atoms with E-state index in [4.69, 9.17) is 5.14 Å². The fraction of sp³-hybridized carbons (Fsp3) is 0.0741. The average molecular weight is 588 g/mol. The highest BCUT2D eigenvalue weighted by Gasteiger charge is 2.41. The van der Waals surface area contributed by atoms with E-state index in [2.05, 4.69) is 10.1 Å². The number of hydrogen-bond acceptors (Lipinski definition) is 6. The van der Waals surface area contributed by atoms with Gasteiger partial charge in [0.2, 0.25) is 10.0 Å². The van der Waals surface area contributed by atoms with E-state index < -0.39 is 40.7 Å². The van der Waals surface area contributed by atoms with Gasteiger partial charge in [-0.2, -0.15) is 22.8 Å². The van der Waals surface area contributed by atoms with Gasteiger partial charge >= 0.3 is 12.1 Å². The molecule has 3 aromatic carbocycles. The summed E-state index contributed by atoms with van der Waals surface area (Å²) < 4.78 is 68.1. The third-order valence-corrected chi connectivity index (χ3v) is 7.56. The SMILES string of the molecule is N[S+](O)c1ccc(Cc2c(-c3cccc(-c4cccc(F)c4)c3)nn(-c3nc(C(=O)O)cs3)c2C(F)(F)F)cc1. The highest BCUT2D eigenvalue weighted by atomic mass is 32.2. The van der Waals surface area contributed by atoms with Gasteiger partial charge in [0.25, 0.3) is 11.4 Å². The standard InChI is InChI=1S/C27H18F4N4O3S2/c28-19-6-2-4-17(13-19)16-3-1-5-18(12-16)23-21(11-15-7-9-20(10-8-15)40(32)38)24(27(29,30)31)35(34-23)26-33-22(14-39-26)25(36)37/h1-10,12-14,38H,11,32H2/p+1. The summed E-state index contributed by atoms with van der Waals surface area (Å²) >= 11 is -0.792. The second-order valence-corrected chi connectivity index (χ2v) is 10.6. The molecule has 5 rings (SSSR count). The van der Waals surface area contributed by atoms with E-state index in [1.807, 2.05) is 0 Å². The normalized spacial score (nSPS) is 12.4. The summed E-state index contributed by atoms with van der Waals surface area (Å²) in [4.78, 5) is 15.6. The summed E-state index contributed by atoms with van der Waals surface area (Å²) in [5, 5.41) is 20.0. The van der Waals surface area contributed by atoms with Crippen LogP contribution < -0.4 is 5.14 Å². The largest absolute Gasteiger partial charge is 0.476 e.